The van der Waals surface area contributed by atoms with Gasteiger partial charge in [0.05, 0.1) is 0 Å². The van der Waals surface area contributed by atoms with Crippen LogP contribution in [0.25, 0.3) is 21.9 Å². The van der Waals surface area contributed by atoms with E-state index >= 15 is 0 Å². The van der Waals surface area contributed by atoms with E-state index < -0.39 is 0 Å². The summed E-state index contributed by atoms with van der Waals surface area (Å²) in [5.41, 5.74) is 2.40. The Balaban J connectivity index is 0.000000810. The van der Waals surface area contributed by atoms with Gasteiger partial charge in [-0.1, -0.05) is 53.4 Å². The van der Waals surface area contributed by atoms with Crippen molar-refractivity contribution in [1.82, 2.24) is 0 Å². The van der Waals surface area contributed by atoms with E-state index in [1.165, 1.54) is 16.3 Å². The van der Waals surface area contributed by atoms with Crippen molar-refractivity contribution in [2.24, 2.45) is 0 Å². The van der Waals surface area contributed by atoms with Gasteiger partial charge < -0.3 is 12.4 Å². The summed E-state index contributed by atoms with van der Waals surface area (Å²) in [4.78, 5) is 0. The first-order valence-electron chi connectivity index (χ1n) is 5.40. The van der Waals surface area contributed by atoms with E-state index in [0.29, 0.717) is 0 Å². The maximum absolute atomic E-state index is 3.28. The van der Waals surface area contributed by atoms with Crippen LogP contribution in [-0.4, -0.2) is 23.1 Å². The summed E-state index contributed by atoms with van der Waals surface area (Å²) in [6.07, 6.45) is 0. The van der Waals surface area contributed by atoms with Gasteiger partial charge in [-0.15, -0.1) is 35.9 Å². The molecule has 0 N–H and O–H groups in total. The molecular weight excluding hydrogens is 252 g/mol. The van der Waals surface area contributed by atoms with Crippen molar-refractivity contribution in [2.45, 2.75) is 0 Å². The van der Waals surface area contributed by atoms with Gasteiger partial charge >= 0.3 is 23.1 Å². The normalized spacial score (nSPS) is 9.33. The molecule has 0 bridgehead atoms. The van der Waals surface area contributed by atoms with Crippen LogP contribution in [0.3, 0.4) is 0 Å². The van der Waals surface area contributed by atoms with Gasteiger partial charge in [0.25, 0.3) is 0 Å². The van der Waals surface area contributed by atoms with Crippen LogP contribution in [0.5, 0.6) is 0 Å². The molecule has 0 aliphatic carbocycles. The third-order valence-electron chi connectivity index (χ3n) is 2.79. The molecule has 0 atom stereocenters. The van der Waals surface area contributed by atoms with Crippen LogP contribution >= 0.6 is 0 Å². The molecule has 0 aliphatic rings. The zero-order valence-electron chi connectivity index (χ0n) is 9.94. The van der Waals surface area contributed by atoms with Gasteiger partial charge in [-0.25, -0.2) is 0 Å². The molecule has 3 aromatic rings. The molecule has 0 radical (unpaired) electrons. The second-order valence-electron chi connectivity index (χ2n) is 3.80. The zero-order chi connectivity index (χ0) is 10.8. The predicted molar refractivity (Wildman–Crippen MR) is 74.0 cm³/mol. The minimum absolute atomic E-state index is 0. The number of rotatable bonds is 1. The van der Waals surface area contributed by atoms with Crippen molar-refractivity contribution in [3.8, 4) is 11.1 Å². The summed E-state index contributed by atoms with van der Waals surface area (Å²) >= 11 is 0. The van der Waals surface area contributed by atoms with Crippen molar-refractivity contribution >= 4 is 33.8 Å². The van der Waals surface area contributed by atoms with E-state index in [0.717, 1.165) is 5.56 Å². The fourth-order valence-corrected chi connectivity index (χ4v) is 2.02. The Labute approximate surface area is 130 Å². The Morgan fingerprint density at radius 2 is 1.44 bits per heavy atom. The topological polar surface area (TPSA) is 0 Å². The number of benzene rings is 3. The van der Waals surface area contributed by atoms with E-state index in [2.05, 4.69) is 54.6 Å². The molecule has 3 aromatic carbocycles. The van der Waals surface area contributed by atoms with Crippen molar-refractivity contribution < 1.29 is 12.4 Å². The first-order chi connectivity index (χ1) is 7.95. The van der Waals surface area contributed by atoms with Crippen molar-refractivity contribution in [2.75, 3.05) is 0 Å². The average Bonchev–Trinajstić information content (AvgIpc) is 2.39. The average molecular weight is 263 g/mol. The van der Waals surface area contributed by atoms with Gasteiger partial charge in [0, 0.05) is 0 Å². The molecule has 0 nitrogen and oxygen atoms in total. The summed E-state index contributed by atoms with van der Waals surface area (Å²) in [6.45, 7) is 0. The Morgan fingerprint density at radius 1 is 0.722 bits per heavy atom. The SMILES string of the molecule is [Cl-].[Mg+2].[c-]1ccccc1-c1cccc2ccccc12. The van der Waals surface area contributed by atoms with Gasteiger partial charge in [-0.05, 0) is 5.39 Å². The van der Waals surface area contributed by atoms with E-state index in [1.807, 2.05) is 18.2 Å². The van der Waals surface area contributed by atoms with Crippen LogP contribution in [0.4, 0.5) is 0 Å². The largest absolute Gasteiger partial charge is 2.00 e. The fourth-order valence-electron chi connectivity index (χ4n) is 2.02. The Kier molecular flexibility index (Phi) is 5.67. The maximum Gasteiger partial charge on any atom is 2.00 e. The second-order valence-corrected chi connectivity index (χ2v) is 3.80. The molecule has 84 valence electrons. The molecule has 3 rings (SSSR count). The summed E-state index contributed by atoms with van der Waals surface area (Å²) in [7, 11) is 0. The van der Waals surface area contributed by atoms with Gasteiger partial charge in [0.2, 0.25) is 0 Å². The fraction of sp³-hybridized carbons (Fsp3) is 0. The minimum atomic E-state index is 0. The van der Waals surface area contributed by atoms with Crippen molar-refractivity contribution in [3.05, 3.63) is 72.8 Å². The quantitative estimate of drug-likeness (QED) is 0.452. The molecule has 0 heterocycles. The smallest absolute Gasteiger partial charge is 1.00 e. The summed E-state index contributed by atoms with van der Waals surface area (Å²) in [5.74, 6) is 0. The molecular formula is C16H11ClMg. The third kappa shape index (κ3) is 2.86. The van der Waals surface area contributed by atoms with Crippen LogP contribution in [0.15, 0.2) is 66.7 Å². The maximum atomic E-state index is 3.28. The molecule has 0 amide bonds. The first-order valence-corrected chi connectivity index (χ1v) is 5.40. The molecule has 18 heavy (non-hydrogen) atoms. The number of hydrogen-bond donors (Lipinski definition) is 0. The standard InChI is InChI=1S/C16H11.ClH.Mg/c1-2-7-13(8-3-1)16-12-6-10-14-9-4-5-11-15(14)16;;/h1-7,9-12H;1H;/q-1;;+2/p-1. The van der Waals surface area contributed by atoms with Gasteiger partial charge in [-0.3, -0.25) is 0 Å². The number of fused-ring (bicyclic) bond motifs is 1. The van der Waals surface area contributed by atoms with E-state index in [4.69, 9.17) is 0 Å². The van der Waals surface area contributed by atoms with E-state index in [1.54, 1.807) is 0 Å². The van der Waals surface area contributed by atoms with Gasteiger partial charge in [0.15, 0.2) is 0 Å². The molecule has 0 aromatic heterocycles. The van der Waals surface area contributed by atoms with E-state index in [9.17, 15) is 0 Å². The molecule has 0 spiro atoms. The predicted octanol–water partition coefficient (Wildman–Crippen LogP) is 0.930. The molecule has 0 fully saturated rings. The van der Waals surface area contributed by atoms with Crippen LogP contribution in [-0.2, 0) is 0 Å². The third-order valence-corrected chi connectivity index (χ3v) is 2.79. The number of halogens is 1. The minimum Gasteiger partial charge on any atom is -1.00 e. The van der Waals surface area contributed by atoms with Gasteiger partial charge in [-0.2, -0.15) is 0 Å². The Bertz CT molecular complexity index is 615. The summed E-state index contributed by atoms with van der Waals surface area (Å²) in [5, 5.41) is 2.56. The van der Waals surface area contributed by atoms with Gasteiger partial charge in [0.1, 0.15) is 0 Å². The van der Waals surface area contributed by atoms with Crippen LogP contribution in [0.2, 0.25) is 0 Å². The van der Waals surface area contributed by atoms with Crippen molar-refractivity contribution in [1.29, 1.82) is 0 Å². The Hall–Kier alpha value is -1.02. The Morgan fingerprint density at radius 3 is 2.22 bits per heavy atom. The van der Waals surface area contributed by atoms with Crippen LogP contribution in [0, 0.1) is 6.07 Å². The second kappa shape index (κ2) is 6.79. The van der Waals surface area contributed by atoms with Crippen LogP contribution < -0.4 is 12.4 Å². The molecule has 0 unspecified atom stereocenters. The van der Waals surface area contributed by atoms with Crippen LogP contribution in [0.1, 0.15) is 0 Å². The molecule has 0 saturated heterocycles. The molecule has 0 saturated carbocycles. The number of hydrogen-bond acceptors (Lipinski definition) is 0. The van der Waals surface area contributed by atoms with E-state index in [-0.39, 0.29) is 35.5 Å². The monoisotopic (exact) mass is 262 g/mol. The summed E-state index contributed by atoms with van der Waals surface area (Å²) in [6, 6.07) is 26.2. The molecule has 2 heteroatoms. The summed E-state index contributed by atoms with van der Waals surface area (Å²) < 4.78 is 0. The molecule has 0 aliphatic heterocycles. The van der Waals surface area contributed by atoms with Crippen molar-refractivity contribution in [3.63, 3.8) is 0 Å². The zero-order valence-corrected chi connectivity index (χ0v) is 12.1. The first kappa shape index (κ1) is 15.0.